The summed E-state index contributed by atoms with van der Waals surface area (Å²) in [5.74, 6) is -1.71. The van der Waals surface area contributed by atoms with Gasteiger partial charge in [-0.1, -0.05) is 12.1 Å². The third kappa shape index (κ3) is 3.41. The first-order valence-corrected chi connectivity index (χ1v) is 7.36. The number of ether oxygens (including phenoxy) is 1. The summed E-state index contributed by atoms with van der Waals surface area (Å²) in [6.45, 7) is 2.18. The molecule has 2 aromatic rings. The molecule has 0 fully saturated rings. The van der Waals surface area contributed by atoms with Gasteiger partial charge in [0, 0.05) is 13.6 Å². The van der Waals surface area contributed by atoms with E-state index in [2.05, 4.69) is 16.0 Å². The van der Waals surface area contributed by atoms with Crippen molar-refractivity contribution in [2.75, 3.05) is 25.6 Å². The number of anilines is 1. The normalized spacial score (nSPS) is 12.7. The van der Waals surface area contributed by atoms with E-state index in [1.54, 1.807) is 31.0 Å². The highest BCUT2D eigenvalue weighted by molar-refractivity contribution is 5.85. The summed E-state index contributed by atoms with van der Waals surface area (Å²) in [4.78, 5) is 22.7. The zero-order valence-corrected chi connectivity index (χ0v) is 13.7. The minimum absolute atomic E-state index is 0.232. The predicted molar refractivity (Wildman–Crippen MR) is 88.0 cm³/mol. The van der Waals surface area contributed by atoms with E-state index >= 15 is 0 Å². The molecule has 0 saturated carbocycles. The molecule has 2 atom stereocenters. The van der Waals surface area contributed by atoms with Crippen molar-refractivity contribution >= 4 is 22.8 Å². The van der Waals surface area contributed by atoms with Gasteiger partial charge in [-0.15, -0.1) is 0 Å². The van der Waals surface area contributed by atoms with Crippen LogP contribution in [0, 0.1) is 28.6 Å². The molecular weight excluding hydrogens is 306 g/mol. The standard InChI is InChI=1S/C17H17N5O2/c1-11(8-18)10-22(2)16-15(12(9-19)17(23)24-3)20-13-6-4-5-7-14(13)21-16/h4-7,11-12H,10H2,1-3H3/t11-,12+/m1/s1. The molecule has 24 heavy (non-hydrogen) atoms. The molecule has 1 aromatic carbocycles. The molecule has 0 aliphatic carbocycles. The molecule has 0 unspecified atom stereocenters. The lowest BCUT2D eigenvalue weighted by atomic mass is 10.1. The Morgan fingerprint density at radius 2 is 1.88 bits per heavy atom. The summed E-state index contributed by atoms with van der Waals surface area (Å²) in [5.41, 5.74) is 1.46. The van der Waals surface area contributed by atoms with E-state index in [1.165, 1.54) is 7.11 Å². The Balaban J connectivity index is 2.61. The Hall–Kier alpha value is -3.19. The molecule has 2 rings (SSSR count). The van der Waals surface area contributed by atoms with Gasteiger partial charge in [0.05, 0.1) is 36.2 Å². The molecule has 122 valence electrons. The van der Waals surface area contributed by atoms with Crippen LogP contribution in [0.5, 0.6) is 0 Å². The topological polar surface area (TPSA) is 103 Å². The minimum atomic E-state index is -1.18. The average Bonchev–Trinajstić information content (AvgIpc) is 2.61. The maximum atomic E-state index is 11.9. The van der Waals surface area contributed by atoms with Gasteiger partial charge in [-0.3, -0.25) is 4.79 Å². The summed E-state index contributed by atoms with van der Waals surface area (Å²) in [6.07, 6.45) is 0. The van der Waals surface area contributed by atoms with Crippen molar-refractivity contribution in [3.05, 3.63) is 30.0 Å². The number of hydrogen-bond acceptors (Lipinski definition) is 7. The average molecular weight is 323 g/mol. The molecular formula is C17H17N5O2. The number of benzene rings is 1. The highest BCUT2D eigenvalue weighted by Crippen LogP contribution is 2.27. The van der Waals surface area contributed by atoms with Gasteiger partial charge < -0.3 is 9.64 Å². The molecule has 0 saturated heterocycles. The number of carbonyl (C=O) groups excluding carboxylic acids is 1. The van der Waals surface area contributed by atoms with Crippen molar-refractivity contribution in [2.24, 2.45) is 5.92 Å². The van der Waals surface area contributed by atoms with Crippen LogP contribution in [0.2, 0.25) is 0 Å². The van der Waals surface area contributed by atoms with Crippen LogP contribution in [0.3, 0.4) is 0 Å². The van der Waals surface area contributed by atoms with Crippen LogP contribution in [-0.4, -0.2) is 36.6 Å². The molecule has 1 aromatic heterocycles. The van der Waals surface area contributed by atoms with E-state index in [-0.39, 0.29) is 11.6 Å². The monoisotopic (exact) mass is 323 g/mol. The van der Waals surface area contributed by atoms with Crippen molar-refractivity contribution in [2.45, 2.75) is 12.8 Å². The summed E-state index contributed by atoms with van der Waals surface area (Å²) < 4.78 is 4.71. The first-order chi connectivity index (χ1) is 11.5. The van der Waals surface area contributed by atoms with Gasteiger partial charge in [0.1, 0.15) is 5.69 Å². The lowest BCUT2D eigenvalue weighted by Gasteiger charge is -2.23. The lowest BCUT2D eigenvalue weighted by molar-refractivity contribution is -0.141. The molecule has 0 bridgehead atoms. The Morgan fingerprint density at radius 1 is 1.25 bits per heavy atom. The number of hydrogen-bond donors (Lipinski definition) is 0. The second-order valence-corrected chi connectivity index (χ2v) is 5.42. The summed E-state index contributed by atoms with van der Waals surface area (Å²) in [7, 11) is 2.98. The molecule has 0 aliphatic rings. The van der Waals surface area contributed by atoms with E-state index in [4.69, 9.17) is 10.00 Å². The van der Waals surface area contributed by atoms with Crippen LogP contribution < -0.4 is 4.90 Å². The predicted octanol–water partition coefficient (Wildman–Crippen LogP) is 2.01. The molecule has 7 nitrogen and oxygen atoms in total. The summed E-state index contributed by atoms with van der Waals surface area (Å²) >= 11 is 0. The van der Waals surface area contributed by atoms with Gasteiger partial charge in [-0.2, -0.15) is 10.5 Å². The van der Waals surface area contributed by atoms with Gasteiger partial charge in [0.25, 0.3) is 0 Å². The van der Waals surface area contributed by atoms with Gasteiger partial charge in [0.2, 0.25) is 0 Å². The molecule has 1 heterocycles. The van der Waals surface area contributed by atoms with E-state index in [0.29, 0.717) is 23.4 Å². The third-order valence-corrected chi connectivity index (χ3v) is 3.55. The number of fused-ring (bicyclic) bond motifs is 1. The fourth-order valence-corrected chi connectivity index (χ4v) is 2.36. The first kappa shape index (κ1) is 17.2. The number of carbonyl (C=O) groups is 1. The van der Waals surface area contributed by atoms with Crippen molar-refractivity contribution in [3.8, 4) is 12.1 Å². The molecule has 0 N–H and O–H groups in total. The number of rotatable bonds is 5. The summed E-state index contributed by atoms with van der Waals surface area (Å²) in [5, 5.41) is 18.4. The van der Waals surface area contributed by atoms with Crippen LogP contribution in [0.1, 0.15) is 18.5 Å². The van der Waals surface area contributed by atoms with Crippen LogP contribution >= 0.6 is 0 Å². The highest BCUT2D eigenvalue weighted by atomic mass is 16.5. The van der Waals surface area contributed by atoms with Crippen LogP contribution in [0.25, 0.3) is 11.0 Å². The zero-order chi connectivity index (χ0) is 17.7. The Bertz CT molecular complexity index is 837. The fourth-order valence-electron chi connectivity index (χ4n) is 2.36. The SMILES string of the molecule is COC(=O)[C@@H](C#N)c1nc2ccccc2nc1N(C)C[C@H](C)C#N. The van der Waals surface area contributed by atoms with E-state index in [1.807, 2.05) is 18.2 Å². The molecule has 0 aliphatic heterocycles. The van der Waals surface area contributed by atoms with Crippen molar-refractivity contribution in [1.29, 1.82) is 10.5 Å². The number of methoxy groups -OCH3 is 1. The molecule has 0 spiro atoms. The highest BCUT2D eigenvalue weighted by Gasteiger charge is 2.29. The van der Waals surface area contributed by atoms with Crippen LogP contribution in [0.4, 0.5) is 5.82 Å². The molecule has 0 radical (unpaired) electrons. The quantitative estimate of drug-likeness (QED) is 0.775. The smallest absolute Gasteiger partial charge is 0.329 e. The largest absolute Gasteiger partial charge is 0.468 e. The Labute approximate surface area is 140 Å². The number of nitriles is 2. The van der Waals surface area contributed by atoms with E-state index in [0.717, 1.165) is 0 Å². The van der Waals surface area contributed by atoms with Crippen molar-refractivity contribution in [1.82, 2.24) is 9.97 Å². The fraction of sp³-hybridized carbons (Fsp3) is 0.353. The summed E-state index contributed by atoms with van der Waals surface area (Å²) in [6, 6.07) is 11.3. The number of esters is 1. The minimum Gasteiger partial charge on any atom is -0.468 e. The third-order valence-electron chi connectivity index (χ3n) is 3.55. The zero-order valence-electron chi connectivity index (χ0n) is 13.7. The van der Waals surface area contributed by atoms with E-state index < -0.39 is 11.9 Å². The van der Waals surface area contributed by atoms with Crippen LogP contribution in [0.15, 0.2) is 24.3 Å². The van der Waals surface area contributed by atoms with E-state index in [9.17, 15) is 10.1 Å². The number of aromatic nitrogens is 2. The maximum Gasteiger partial charge on any atom is 0.329 e. The van der Waals surface area contributed by atoms with Crippen molar-refractivity contribution in [3.63, 3.8) is 0 Å². The maximum absolute atomic E-state index is 11.9. The molecule has 7 heteroatoms. The van der Waals surface area contributed by atoms with Crippen LogP contribution in [-0.2, 0) is 9.53 Å². The van der Waals surface area contributed by atoms with Gasteiger partial charge in [-0.05, 0) is 19.1 Å². The second-order valence-electron chi connectivity index (χ2n) is 5.42. The Kier molecular flexibility index (Phi) is 5.28. The second kappa shape index (κ2) is 7.38. The number of nitrogens with zero attached hydrogens (tertiary/aromatic N) is 5. The molecule has 0 amide bonds. The van der Waals surface area contributed by atoms with Crippen molar-refractivity contribution < 1.29 is 9.53 Å². The Morgan fingerprint density at radius 3 is 2.42 bits per heavy atom. The number of para-hydroxylation sites is 2. The van der Waals surface area contributed by atoms with Gasteiger partial charge in [-0.25, -0.2) is 9.97 Å². The lowest BCUT2D eigenvalue weighted by Crippen LogP contribution is -2.27. The first-order valence-electron chi connectivity index (χ1n) is 7.36. The van der Waals surface area contributed by atoms with Gasteiger partial charge in [0.15, 0.2) is 11.7 Å². The van der Waals surface area contributed by atoms with Gasteiger partial charge >= 0.3 is 5.97 Å².